The molecule has 0 saturated carbocycles. The van der Waals surface area contributed by atoms with Gasteiger partial charge in [0.05, 0.1) is 11.7 Å². The van der Waals surface area contributed by atoms with Crippen LogP contribution in [0.25, 0.3) is 5.52 Å². The molecule has 17 heavy (non-hydrogen) atoms. The Balaban J connectivity index is 2.03. The van der Waals surface area contributed by atoms with E-state index in [0.29, 0.717) is 6.42 Å². The van der Waals surface area contributed by atoms with Crippen LogP contribution in [-0.2, 0) is 6.42 Å². The lowest BCUT2D eigenvalue weighted by molar-refractivity contribution is 0.842. The number of para-hydroxylation sites is 1. The Morgan fingerprint density at radius 3 is 2.88 bits per heavy atom. The molecule has 3 rings (SSSR count). The van der Waals surface area contributed by atoms with Crippen LogP contribution in [0.4, 0.5) is 5.69 Å². The Morgan fingerprint density at radius 2 is 2.00 bits per heavy atom. The fraction of sp³-hybridized carbons (Fsp3) is 0.0769. The highest BCUT2D eigenvalue weighted by Crippen LogP contribution is 2.15. The summed E-state index contributed by atoms with van der Waals surface area (Å²) in [6, 6.07) is 11.7. The summed E-state index contributed by atoms with van der Waals surface area (Å²) >= 11 is 0. The van der Waals surface area contributed by atoms with E-state index in [0.717, 1.165) is 22.6 Å². The number of hydrogen-bond acceptors (Lipinski definition) is 3. The number of benzene rings is 1. The van der Waals surface area contributed by atoms with Crippen molar-refractivity contribution < 1.29 is 0 Å². The molecule has 0 saturated heterocycles. The summed E-state index contributed by atoms with van der Waals surface area (Å²) in [6.45, 7) is 0. The summed E-state index contributed by atoms with van der Waals surface area (Å²) in [4.78, 5) is 4.38. The van der Waals surface area contributed by atoms with Crippen LogP contribution in [0.1, 0.15) is 11.4 Å². The van der Waals surface area contributed by atoms with Gasteiger partial charge in [0.2, 0.25) is 0 Å². The lowest BCUT2D eigenvalue weighted by Gasteiger charge is -2.03. The van der Waals surface area contributed by atoms with Crippen molar-refractivity contribution >= 4 is 11.2 Å². The first-order valence-corrected chi connectivity index (χ1v) is 5.45. The molecule has 3 aromatic rings. The second-order valence-corrected chi connectivity index (χ2v) is 3.91. The van der Waals surface area contributed by atoms with Gasteiger partial charge in [-0.1, -0.05) is 18.2 Å². The van der Waals surface area contributed by atoms with Gasteiger partial charge in [0, 0.05) is 18.3 Å². The van der Waals surface area contributed by atoms with E-state index in [1.807, 2.05) is 47.1 Å². The molecule has 2 aromatic heterocycles. The second-order valence-electron chi connectivity index (χ2n) is 3.91. The molecule has 0 atom stereocenters. The van der Waals surface area contributed by atoms with Crippen LogP contribution in [0.3, 0.4) is 0 Å². The largest absolute Gasteiger partial charge is 0.398 e. The first kappa shape index (κ1) is 9.84. The van der Waals surface area contributed by atoms with Crippen molar-refractivity contribution in [3.63, 3.8) is 0 Å². The maximum atomic E-state index is 5.92. The number of nitrogens with zero attached hydrogens (tertiary/aromatic N) is 3. The van der Waals surface area contributed by atoms with Gasteiger partial charge in [-0.05, 0) is 23.8 Å². The van der Waals surface area contributed by atoms with E-state index in [4.69, 9.17) is 5.73 Å². The zero-order chi connectivity index (χ0) is 11.7. The summed E-state index contributed by atoms with van der Waals surface area (Å²) in [7, 11) is 0. The minimum Gasteiger partial charge on any atom is -0.398 e. The van der Waals surface area contributed by atoms with Crippen LogP contribution < -0.4 is 5.73 Å². The lowest BCUT2D eigenvalue weighted by Crippen LogP contribution is -2.01. The maximum absolute atomic E-state index is 5.92. The third-order valence-electron chi connectivity index (χ3n) is 2.77. The van der Waals surface area contributed by atoms with Crippen LogP contribution in [0.5, 0.6) is 0 Å². The van der Waals surface area contributed by atoms with E-state index in [1.165, 1.54) is 0 Å². The number of nitrogen functional groups attached to an aromatic ring is 1. The molecule has 4 heteroatoms. The van der Waals surface area contributed by atoms with Gasteiger partial charge in [-0.15, -0.1) is 0 Å². The summed E-state index contributed by atoms with van der Waals surface area (Å²) in [5.41, 5.74) is 8.79. The van der Waals surface area contributed by atoms with Crippen molar-refractivity contribution in [2.45, 2.75) is 6.42 Å². The first-order valence-electron chi connectivity index (χ1n) is 5.45. The van der Waals surface area contributed by atoms with Crippen LogP contribution in [0.2, 0.25) is 0 Å². The Morgan fingerprint density at radius 1 is 1.12 bits per heavy atom. The van der Waals surface area contributed by atoms with Crippen molar-refractivity contribution in [1.82, 2.24) is 14.6 Å². The summed E-state index contributed by atoms with van der Waals surface area (Å²) in [5.74, 6) is 0.901. The summed E-state index contributed by atoms with van der Waals surface area (Å²) in [5, 5.41) is 4.28. The van der Waals surface area contributed by atoms with Gasteiger partial charge in [0.1, 0.15) is 5.82 Å². The molecule has 2 heterocycles. The Kier molecular flexibility index (Phi) is 2.26. The number of imidazole rings is 1. The third kappa shape index (κ3) is 1.73. The van der Waals surface area contributed by atoms with Crippen molar-refractivity contribution in [2.24, 2.45) is 0 Å². The van der Waals surface area contributed by atoms with Crippen LogP contribution in [0.15, 0.2) is 48.8 Å². The molecule has 0 aliphatic carbocycles. The zero-order valence-electron chi connectivity index (χ0n) is 9.24. The Bertz CT molecular complexity index is 657. The quantitative estimate of drug-likeness (QED) is 0.676. The minimum absolute atomic E-state index is 0.692. The number of nitrogens with two attached hydrogens (primary N) is 1. The van der Waals surface area contributed by atoms with Gasteiger partial charge in [-0.2, -0.15) is 5.10 Å². The van der Waals surface area contributed by atoms with E-state index in [9.17, 15) is 0 Å². The smallest absolute Gasteiger partial charge is 0.135 e. The summed E-state index contributed by atoms with van der Waals surface area (Å²) < 4.78 is 1.84. The highest BCUT2D eigenvalue weighted by atomic mass is 15.2. The highest BCUT2D eigenvalue weighted by Gasteiger charge is 2.06. The molecular formula is C13H12N4. The second kappa shape index (κ2) is 3.90. The van der Waals surface area contributed by atoms with Crippen molar-refractivity contribution in [1.29, 1.82) is 0 Å². The molecule has 0 aliphatic rings. The van der Waals surface area contributed by atoms with Crippen molar-refractivity contribution in [3.8, 4) is 0 Å². The Hall–Kier alpha value is -2.36. The lowest BCUT2D eigenvalue weighted by atomic mass is 10.1. The fourth-order valence-corrected chi connectivity index (χ4v) is 1.88. The molecule has 1 aromatic carbocycles. The average Bonchev–Trinajstić information content (AvgIpc) is 2.76. The molecule has 84 valence electrons. The number of fused-ring (bicyclic) bond motifs is 1. The monoisotopic (exact) mass is 224 g/mol. The predicted octanol–water partition coefficient (Wildman–Crippen LogP) is 1.90. The molecule has 0 amide bonds. The van der Waals surface area contributed by atoms with Gasteiger partial charge >= 0.3 is 0 Å². The molecule has 0 aliphatic heterocycles. The van der Waals surface area contributed by atoms with E-state index in [1.54, 1.807) is 6.20 Å². The topological polar surface area (TPSA) is 56.2 Å². The molecule has 0 unspecified atom stereocenters. The van der Waals surface area contributed by atoms with Crippen LogP contribution in [0, 0.1) is 0 Å². The third-order valence-corrected chi connectivity index (χ3v) is 2.77. The standard InChI is InChI=1S/C13H12N4/c14-12-6-2-1-4-10(12)8-13-15-9-11-5-3-7-16-17(11)13/h1-7,9H,8,14H2. The van der Waals surface area contributed by atoms with E-state index in [-0.39, 0.29) is 0 Å². The van der Waals surface area contributed by atoms with Crippen molar-refractivity contribution in [3.05, 3.63) is 60.2 Å². The number of anilines is 1. The summed E-state index contributed by atoms with van der Waals surface area (Å²) in [6.07, 6.45) is 4.27. The van der Waals surface area contributed by atoms with Crippen molar-refractivity contribution in [2.75, 3.05) is 5.73 Å². The molecular weight excluding hydrogens is 212 g/mol. The zero-order valence-corrected chi connectivity index (χ0v) is 9.24. The van der Waals surface area contributed by atoms with E-state index in [2.05, 4.69) is 10.1 Å². The number of hydrogen-bond donors (Lipinski definition) is 1. The first-order chi connectivity index (χ1) is 8.34. The van der Waals surface area contributed by atoms with Gasteiger partial charge in [-0.3, -0.25) is 0 Å². The van der Waals surface area contributed by atoms with Crippen LogP contribution >= 0.6 is 0 Å². The Labute approximate surface area is 98.7 Å². The van der Waals surface area contributed by atoms with E-state index >= 15 is 0 Å². The molecule has 4 nitrogen and oxygen atoms in total. The maximum Gasteiger partial charge on any atom is 0.135 e. The fourth-order valence-electron chi connectivity index (χ4n) is 1.88. The normalized spacial score (nSPS) is 10.8. The molecule has 2 N–H and O–H groups in total. The average molecular weight is 224 g/mol. The number of rotatable bonds is 2. The number of aromatic nitrogens is 3. The SMILES string of the molecule is Nc1ccccc1Cc1ncc2cccnn12. The minimum atomic E-state index is 0.692. The van der Waals surface area contributed by atoms with Gasteiger partial charge < -0.3 is 5.73 Å². The molecule has 0 radical (unpaired) electrons. The predicted molar refractivity (Wildman–Crippen MR) is 66.6 cm³/mol. The van der Waals surface area contributed by atoms with Gasteiger partial charge in [0.15, 0.2) is 0 Å². The van der Waals surface area contributed by atoms with Gasteiger partial charge in [0.25, 0.3) is 0 Å². The van der Waals surface area contributed by atoms with Crippen LogP contribution in [-0.4, -0.2) is 14.6 Å². The molecule has 0 bridgehead atoms. The van der Waals surface area contributed by atoms with Gasteiger partial charge in [-0.25, -0.2) is 9.50 Å². The van der Waals surface area contributed by atoms with E-state index < -0.39 is 0 Å². The molecule has 0 spiro atoms. The highest BCUT2D eigenvalue weighted by molar-refractivity contribution is 5.49. The molecule has 0 fully saturated rings.